The summed E-state index contributed by atoms with van der Waals surface area (Å²) in [6.07, 6.45) is 5.72. The van der Waals surface area contributed by atoms with Gasteiger partial charge in [0.25, 0.3) is 0 Å². The molecule has 0 saturated heterocycles. The highest BCUT2D eigenvalue weighted by molar-refractivity contribution is 5.84. The van der Waals surface area contributed by atoms with E-state index in [1.165, 1.54) is 12.1 Å². The molecule has 0 aliphatic rings. The number of fused-ring (bicyclic) bond motifs is 1. The Morgan fingerprint density at radius 2 is 1.33 bits per heavy atom. The van der Waals surface area contributed by atoms with Gasteiger partial charge in [0.2, 0.25) is 0 Å². The molecule has 0 amide bonds. The molecule has 0 unspecified atom stereocenters. The summed E-state index contributed by atoms with van der Waals surface area (Å²) in [5.74, 6) is -0.341. The second-order valence-corrected chi connectivity index (χ2v) is 8.87. The number of benzene rings is 4. The van der Waals surface area contributed by atoms with Crippen molar-refractivity contribution in [3.63, 3.8) is 0 Å². The van der Waals surface area contributed by atoms with Crippen LogP contribution in [0.4, 0.5) is 17.6 Å². The van der Waals surface area contributed by atoms with Crippen LogP contribution in [0.3, 0.4) is 0 Å². The predicted molar refractivity (Wildman–Crippen MR) is 137 cm³/mol. The van der Waals surface area contributed by atoms with Crippen molar-refractivity contribution in [3.05, 3.63) is 125 Å². The van der Waals surface area contributed by atoms with Gasteiger partial charge in [-0.15, -0.1) is 6.58 Å². The van der Waals surface area contributed by atoms with Crippen LogP contribution in [-0.4, -0.2) is 6.61 Å². The Labute approximate surface area is 209 Å². The smallest absolute Gasteiger partial charge is 0.387 e. The maximum atomic E-state index is 15.2. The molecule has 36 heavy (non-hydrogen) atoms. The molecule has 4 aromatic rings. The number of hydrogen-bond donors (Lipinski definition) is 0. The third kappa shape index (κ3) is 6.54. The van der Waals surface area contributed by atoms with E-state index >= 15 is 4.39 Å². The maximum absolute atomic E-state index is 15.2. The molecule has 4 rings (SSSR count). The van der Waals surface area contributed by atoms with E-state index in [2.05, 4.69) is 11.3 Å². The SMILES string of the molecule is C=CCCc1ccc(CCc2ccc3c(F)c(CCc4ccc(OC(F)F)cc4)ccc3c2)c(F)c1. The van der Waals surface area contributed by atoms with Gasteiger partial charge in [-0.25, -0.2) is 8.78 Å². The van der Waals surface area contributed by atoms with Crippen molar-refractivity contribution in [2.24, 2.45) is 0 Å². The van der Waals surface area contributed by atoms with E-state index in [1.807, 2.05) is 36.4 Å². The fourth-order valence-electron chi connectivity index (χ4n) is 4.35. The number of hydrogen-bond acceptors (Lipinski definition) is 1. The van der Waals surface area contributed by atoms with Crippen molar-refractivity contribution in [3.8, 4) is 5.75 Å². The van der Waals surface area contributed by atoms with Crippen molar-refractivity contribution in [1.29, 1.82) is 0 Å². The van der Waals surface area contributed by atoms with Crippen molar-refractivity contribution in [2.75, 3.05) is 0 Å². The minimum absolute atomic E-state index is 0.102. The molecule has 4 aromatic carbocycles. The summed E-state index contributed by atoms with van der Waals surface area (Å²) in [5.41, 5.74) is 4.17. The van der Waals surface area contributed by atoms with Crippen LogP contribution in [0.25, 0.3) is 10.8 Å². The predicted octanol–water partition coefficient (Wildman–Crippen LogP) is 8.41. The Morgan fingerprint density at radius 1 is 0.694 bits per heavy atom. The quantitative estimate of drug-likeness (QED) is 0.151. The molecule has 0 fully saturated rings. The lowest BCUT2D eigenvalue weighted by Gasteiger charge is -2.10. The highest BCUT2D eigenvalue weighted by Crippen LogP contribution is 2.25. The first-order valence-corrected chi connectivity index (χ1v) is 12.0. The van der Waals surface area contributed by atoms with Crippen LogP contribution in [0.15, 0.2) is 85.5 Å². The largest absolute Gasteiger partial charge is 0.435 e. The average molecular weight is 493 g/mol. The van der Waals surface area contributed by atoms with E-state index in [0.717, 1.165) is 34.9 Å². The highest BCUT2D eigenvalue weighted by atomic mass is 19.3. The molecule has 0 aromatic heterocycles. The van der Waals surface area contributed by atoms with Gasteiger partial charge in [-0.05, 0) is 89.9 Å². The summed E-state index contributed by atoms with van der Waals surface area (Å²) in [7, 11) is 0. The molecule has 5 heteroatoms. The Morgan fingerprint density at radius 3 is 2.06 bits per heavy atom. The van der Waals surface area contributed by atoms with Crippen LogP contribution in [0.1, 0.15) is 34.2 Å². The zero-order chi connectivity index (χ0) is 25.5. The van der Waals surface area contributed by atoms with Gasteiger partial charge in [0.1, 0.15) is 17.4 Å². The lowest BCUT2D eigenvalue weighted by atomic mass is 9.97. The Balaban J connectivity index is 1.39. The summed E-state index contributed by atoms with van der Waals surface area (Å²) in [4.78, 5) is 0. The van der Waals surface area contributed by atoms with Crippen LogP contribution in [0, 0.1) is 11.6 Å². The first kappa shape index (κ1) is 25.5. The van der Waals surface area contributed by atoms with E-state index < -0.39 is 6.61 Å². The summed E-state index contributed by atoms with van der Waals surface area (Å²) < 4.78 is 58.6. The Bertz CT molecular complexity index is 1330. The van der Waals surface area contributed by atoms with Crippen LogP contribution in [0.2, 0.25) is 0 Å². The van der Waals surface area contributed by atoms with Gasteiger partial charge in [-0.3, -0.25) is 0 Å². The first-order chi connectivity index (χ1) is 17.4. The van der Waals surface area contributed by atoms with Crippen LogP contribution >= 0.6 is 0 Å². The first-order valence-electron chi connectivity index (χ1n) is 12.0. The zero-order valence-corrected chi connectivity index (χ0v) is 20.0. The summed E-state index contributed by atoms with van der Waals surface area (Å²) in [5, 5.41) is 1.36. The fourth-order valence-corrected chi connectivity index (χ4v) is 4.35. The minimum Gasteiger partial charge on any atom is -0.435 e. The minimum atomic E-state index is -2.86. The normalized spacial score (nSPS) is 11.2. The second-order valence-electron chi connectivity index (χ2n) is 8.87. The second kappa shape index (κ2) is 11.9. The molecule has 0 atom stereocenters. The Hall–Kier alpha value is -3.60. The number of alkyl halides is 2. The van der Waals surface area contributed by atoms with Crippen molar-refractivity contribution >= 4 is 10.8 Å². The molecule has 0 radical (unpaired) electrons. The molecule has 0 aliphatic carbocycles. The molecular weight excluding hydrogens is 464 g/mol. The van der Waals surface area contributed by atoms with Crippen molar-refractivity contribution in [1.82, 2.24) is 0 Å². The number of rotatable bonds is 11. The Kier molecular flexibility index (Phi) is 8.42. The standard InChI is InChI=1S/C31H28F4O/c1-2-3-4-22-6-11-24(29(32)20-22)12-7-23-10-18-28-26(19-23)15-14-25(30(28)33)13-5-21-8-16-27(17-9-21)36-31(34)35/h2,6,8-11,14-20,31H,1,3-5,7,12-13H2. The summed E-state index contributed by atoms with van der Waals surface area (Å²) >= 11 is 0. The number of allylic oxidation sites excluding steroid dienone is 1. The lowest BCUT2D eigenvalue weighted by Crippen LogP contribution is -2.02. The van der Waals surface area contributed by atoms with Crippen molar-refractivity contribution < 1.29 is 22.3 Å². The van der Waals surface area contributed by atoms with Gasteiger partial charge in [-0.1, -0.05) is 60.7 Å². The molecule has 186 valence electrons. The molecule has 0 aliphatic heterocycles. The third-order valence-corrected chi connectivity index (χ3v) is 6.37. The van der Waals surface area contributed by atoms with Gasteiger partial charge in [-0.2, -0.15) is 8.78 Å². The summed E-state index contributed by atoms with van der Waals surface area (Å²) in [6.45, 7) is 0.843. The van der Waals surface area contributed by atoms with E-state index in [-0.39, 0.29) is 17.4 Å². The molecule has 0 heterocycles. The number of halogens is 4. The number of ether oxygens (including phenoxy) is 1. The van der Waals surface area contributed by atoms with E-state index in [1.54, 1.807) is 30.3 Å². The highest BCUT2D eigenvalue weighted by Gasteiger charge is 2.10. The third-order valence-electron chi connectivity index (χ3n) is 6.37. The maximum Gasteiger partial charge on any atom is 0.387 e. The molecule has 0 saturated carbocycles. The average Bonchev–Trinajstić information content (AvgIpc) is 2.87. The molecule has 0 bridgehead atoms. The molecule has 0 N–H and O–H groups in total. The molecule has 1 nitrogen and oxygen atoms in total. The van der Waals surface area contributed by atoms with Gasteiger partial charge in [0.05, 0.1) is 0 Å². The molecular formula is C31H28F4O. The topological polar surface area (TPSA) is 9.23 Å². The van der Waals surface area contributed by atoms with Crippen molar-refractivity contribution in [2.45, 2.75) is 45.1 Å². The zero-order valence-electron chi connectivity index (χ0n) is 20.0. The molecule has 0 spiro atoms. The van der Waals surface area contributed by atoms with Crippen LogP contribution in [0.5, 0.6) is 5.75 Å². The fraction of sp³-hybridized carbons (Fsp3) is 0.226. The van der Waals surface area contributed by atoms with Crippen LogP contribution in [-0.2, 0) is 32.1 Å². The monoisotopic (exact) mass is 492 g/mol. The summed E-state index contributed by atoms with van der Waals surface area (Å²) in [6, 6.07) is 21.1. The van der Waals surface area contributed by atoms with E-state index in [9.17, 15) is 13.2 Å². The van der Waals surface area contributed by atoms with Gasteiger partial charge in [0.15, 0.2) is 0 Å². The van der Waals surface area contributed by atoms with Gasteiger partial charge in [0, 0.05) is 5.39 Å². The number of aryl methyl sites for hydroxylation is 5. The van der Waals surface area contributed by atoms with Gasteiger partial charge < -0.3 is 4.74 Å². The van der Waals surface area contributed by atoms with E-state index in [4.69, 9.17) is 0 Å². The van der Waals surface area contributed by atoms with Crippen LogP contribution < -0.4 is 4.74 Å². The van der Waals surface area contributed by atoms with E-state index in [0.29, 0.717) is 42.2 Å². The lowest BCUT2D eigenvalue weighted by molar-refractivity contribution is -0.0498. The van der Waals surface area contributed by atoms with Gasteiger partial charge >= 0.3 is 6.61 Å².